The molecule has 0 saturated heterocycles. The normalized spacial score (nSPS) is 12.1. The van der Waals surface area contributed by atoms with Crippen LogP contribution in [-0.4, -0.2) is 10.8 Å². The predicted octanol–water partition coefficient (Wildman–Crippen LogP) is 4.49. The molecule has 25 heavy (non-hydrogen) atoms. The highest BCUT2D eigenvalue weighted by Gasteiger charge is 2.13. The van der Waals surface area contributed by atoms with Gasteiger partial charge in [0.25, 0.3) is 5.69 Å². The Labute approximate surface area is 147 Å². The summed E-state index contributed by atoms with van der Waals surface area (Å²) in [5.41, 5.74) is 4.24. The maximum atomic E-state index is 12.2. The molecule has 0 bridgehead atoms. The lowest BCUT2D eigenvalue weighted by Gasteiger charge is -2.19. The smallest absolute Gasteiger partial charge is 0.269 e. The number of benzene rings is 2. The quantitative estimate of drug-likeness (QED) is 0.479. The van der Waals surface area contributed by atoms with Crippen molar-refractivity contribution in [1.29, 1.82) is 0 Å². The van der Waals surface area contributed by atoms with Crippen LogP contribution in [-0.2, 0) is 4.79 Å². The fraction of sp³-hybridized carbons (Fsp3) is 0.250. The number of hydrogen-bond donors (Lipinski definition) is 1. The predicted molar refractivity (Wildman–Crippen MR) is 99.2 cm³/mol. The van der Waals surface area contributed by atoms with Gasteiger partial charge in [0.1, 0.15) is 0 Å². The van der Waals surface area contributed by atoms with Gasteiger partial charge in [0.15, 0.2) is 0 Å². The number of nitrogens with zero attached hydrogens (tertiary/aromatic N) is 1. The Balaban J connectivity index is 2.05. The van der Waals surface area contributed by atoms with Crippen LogP contribution in [0, 0.1) is 24.0 Å². The zero-order chi connectivity index (χ0) is 18.4. The highest BCUT2D eigenvalue weighted by atomic mass is 16.6. The molecule has 0 fully saturated rings. The van der Waals surface area contributed by atoms with E-state index in [0.717, 1.165) is 23.1 Å². The Morgan fingerprint density at radius 1 is 1.20 bits per heavy atom. The molecule has 1 atom stereocenters. The number of rotatable bonds is 6. The van der Waals surface area contributed by atoms with E-state index in [1.54, 1.807) is 18.2 Å². The van der Waals surface area contributed by atoms with Crippen LogP contribution < -0.4 is 5.32 Å². The van der Waals surface area contributed by atoms with Gasteiger partial charge >= 0.3 is 0 Å². The Kier molecular flexibility index (Phi) is 6.06. The molecule has 2 aromatic carbocycles. The zero-order valence-electron chi connectivity index (χ0n) is 14.7. The molecule has 1 N–H and O–H groups in total. The second-order valence-electron chi connectivity index (χ2n) is 6.01. The van der Waals surface area contributed by atoms with Gasteiger partial charge in [0, 0.05) is 18.2 Å². The third-order valence-electron chi connectivity index (χ3n) is 4.06. The number of carbonyl (C=O) groups is 1. The van der Waals surface area contributed by atoms with Crippen molar-refractivity contribution < 1.29 is 9.72 Å². The second-order valence-corrected chi connectivity index (χ2v) is 6.01. The maximum absolute atomic E-state index is 12.2. The number of carbonyl (C=O) groups excluding carboxylic acids is 1. The molecule has 0 spiro atoms. The van der Waals surface area contributed by atoms with Gasteiger partial charge in [0.05, 0.1) is 11.0 Å². The van der Waals surface area contributed by atoms with Crippen LogP contribution >= 0.6 is 0 Å². The van der Waals surface area contributed by atoms with Gasteiger partial charge in [-0.15, -0.1) is 0 Å². The summed E-state index contributed by atoms with van der Waals surface area (Å²) in [6.45, 7) is 6.12. The SMILES string of the molecule is CC[C@@H](NC(=O)/C=C/c1ccc([N+](=O)[O-])cc1)c1ccc(C)cc1C. The summed E-state index contributed by atoms with van der Waals surface area (Å²) in [6, 6.07) is 12.2. The summed E-state index contributed by atoms with van der Waals surface area (Å²) >= 11 is 0. The molecule has 0 aliphatic carbocycles. The van der Waals surface area contributed by atoms with E-state index in [9.17, 15) is 14.9 Å². The van der Waals surface area contributed by atoms with Crippen LogP contribution in [0.5, 0.6) is 0 Å². The van der Waals surface area contributed by atoms with Crippen LogP contribution in [0.4, 0.5) is 5.69 Å². The molecule has 5 heteroatoms. The average Bonchev–Trinajstić information content (AvgIpc) is 2.58. The van der Waals surface area contributed by atoms with Gasteiger partial charge in [-0.25, -0.2) is 0 Å². The zero-order valence-corrected chi connectivity index (χ0v) is 14.7. The van der Waals surface area contributed by atoms with Crippen molar-refractivity contribution in [2.45, 2.75) is 33.2 Å². The second kappa shape index (κ2) is 8.24. The van der Waals surface area contributed by atoms with Crippen LogP contribution in [0.1, 0.15) is 41.6 Å². The summed E-state index contributed by atoms with van der Waals surface area (Å²) in [5.74, 6) is -0.190. The van der Waals surface area contributed by atoms with Crippen molar-refractivity contribution >= 4 is 17.7 Å². The summed E-state index contributed by atoms with van der Waals surface area (Å²) < 4.78 is 0. The first kappa shape index (κ1) is 18.4. The number of hydrogen-bond acceptors (Lipinski definition) is 3. The van der Waals surface area contributed by atoms with E-state index in [2.05, 4.69) is 17.4 Å². The maximum Gasteiger partial charge on any atom is 0.269 e. The standard InChI is InChI=1S/C20H22N2O3/c1-4-19(18-11-5-14(2)13-15(18)3)21-20(23)12-8-16-6-9-17(10-7-16)22(24)25/h5-13,19H,4H2,1-3H3,(H,21,23)/b12-8+/t19-/m1/s1. The van der Waals surface area contributed by atoms with Crippen molar-refractivity contribution in [3.63, 3.8) is 0 Å². The van der Waals surface area contributed by atoms with E-state index in [-0.39, 0.29) is 17.6 Å². The van der Waals surface area contributed by atoms with E-state index in [4.69, 9.17) is 0 Å². The van der Waals surface area contributed by atoms with Crippen LogP contribution in [0.15, 0.2) is 48.5 Å². The summed E-state index contributed by atoms with van der Waals surface area (Å²) in [4.78, 5) is 22.4. The first-order valence-corrected chi connectivity index (χ1v) is 8.21. The molecule has 2 aromatic rings. The lowest BCUT2D eigenvalue weighted by Crippen LogP contribution is -2.26. The van der Waals surface area contributed by atoms with Gasteiger partial charge in [-0.2, -0.15) is 0 Å². The van der Waals surface area contributed by atoms with Crippen molar-refractivity contribution in [3.05, 3.63) is 80.9 Å². The Hall–Kier alpha value is -2.95. The lowest BCUT2D eigenvalue weighted by molar-refractivity contribution is -0.384. The lowest BCUT2D eigenvalue weighted by atomic mass is 9.97. The topological polar surface area (TPSA) is 72.2 Å². The summed E-state index contributed by atoms with van der Waals surface area (Å²) in [5, 5.41) is 13.6. The molecule has 0 aliphatic rings. The van der Waals surface area contributed by atoms with Crippen LogP contribution in [0.3, 0.4) is 0 Å². The van der Waals surface area contributed by atoms with E-state index in [0.29, 0.717) is 0 Å². The molecule has 5 nitrogen and oxygen atoms in total. The minimum atomic E-state index is -0.448. The molecule has 2 rings (SSSR count). The number of aryl methyl sites for hydroxylation is 2. The Bertz CT molecular complexity index is 795. The molecule has 0 unspecified atom stereocenters. The monoisotopic (exact) mass is 338 g/mol. The number of amides is 1. The van der Waals surface area contributed by atoms with Crippen LogP contribution in [0.25, 0.3) is 6.08 Å². The van der Waals surface area contributed by atoms with Gasteiger partial charge < -0.3 is 5.32 Å². The summed E-state index contributed by atoms with van der Waals surface area (Å²) in [7, 11) is 0. The number of nitro groups is 1. The molecule has 0 radical (unpaired) electrons. The van der Waals surface area contributed by atoms with E-state index < -0.39 is 4.92 Å². The third-order valence-corrected chi connectivity index (χ3v) is 4.06. The average molecular weight is 338 g/mol. The molecule has 130 valence electrons. The highest BCUT2D eigenvalue weighted by molar-refractivity contribution is 5.92. The fourth-order valence-corrected chi connectivity index (χ4v) is 2.72. The van der Waals surface area contributed by atoms with Crippen LogP contribution in [0.2, 0.25) is 0 Å². The Morgan fingerprint density at radius 3 is 2.44 bits per heavy atom. The number of nitro benzene ring substituents is 1. The van der Waals surface area contributed by atoms with E-state index in [1.807, 2.05) is 26.8 Å². The van der Waals surface area contributed by atoms with Crippen molar-refractivity contribution in [2.75, 3.05) is 0 Å². The molecule has 0 heterocycles. The molecular formula is C20H22N2O3. The highest BCUT2D eigenvalue weighted by Crippen LogP contribution is 2.21. The number of nitrogens with one attached hydrogen (secondary N) is 1. The minimum Gasteiger partial charge on any atom is -0.346 e. The molecule has 0 aliphatic heterocycles. The largest absolute Gasteiger partial charge is 0.346 e. The van der Waals surface area contributed by atoms with E-state index in [1.165, 1.54) is 23.8 Å². The van der Waals surface area contributed by atoms with Crippen molar-refractivity contribution in [2.24, 2.45) is 0 Å². The molecular weight excluding hydrogens is 316 g/mol. The fourth-order valence-electron chi connectivity index (χ4n) is 2.72. The van der Waals surface area contributed by atoms with E-state index >= 15 is 0 Å². The molecule has 0 saturated carbocycles. The van der Waals surface area contributed by atoms with Gasteiger partial charge in [0.2, 0.25) is 5.91 Å². The van der Waals surface area contributed by atoms with Gasteiger partial charge in [-0.3, -0.25) is 14.9 Å². The summed E-state index contributed by atoms with van der Waals surface area (Å²) in [6.07, 6.45) is 3.89. The van der Waals surface area contributed by atoms with Gasteiger partial charge in [-0.1, -0.05) is 30.7 Å². The third kappa shape index (κ3) is 5.01. The minimum absolute atomic E-state index is 0.0301. The van der Waals surface area contributed by atoms with Crippen molar-refractivity contribution in [1.82, 2.24) is 5.32 Å². The Morgan fingerprint density at radius 2 is 1.88 bits per heavy atom. The first-order chi connectivity index (χ1) is 11.9. The van der Waals surface area contributed by atoms with Crippen molar-refractivity contribution in [3.8, 4) is 0 Å². The molecule has 1 amide bonds. The van der Waals surface area contributed by atoms with Gasteiger partial charge in [-0.05, 0) is 55.2 Å². The number of non-ortho nitro benzene ring substituents is 1. The molecule has 0 aromatic heterocycles. The first-order valence-electron chi connectivity index (χ1n) is 8.21.